The molecule has 1 aromatic rings. The lowest BCUT2D eigenvalue weighted by Gasteiger charge is -2.32. The molecule has 2 rings (SSSR count). The van der Waals surface area contributed by atoms with Crippen molar-refractivity contribution in [2.24, 2.45) is 5.92 Å². The molecule has 1 aliphatic rings. The fraction of sp³-hybridized carbons (Fsp3) is 0.524. The number of rotatable bonds is 9. The molecule has 0 spiro atoms. The first kappa shape index (κ1) is 20.8. The Morgan fingerprint density at radius 3 is 2.56 bits per heavy atom. The van der Waals surface area contributed by atoms with Crippen LogP contribution >= 0.6 is 0 Å². The highest BCUT2D eigenvalue weighted by molar-refractivity contribution is 5.52. The standard InChI is InChI=1S/C21H29NO5/c1-4-5-6-7-15-11-19(23)21(20(24)12-15)18-10-16(13-27-22(25)26)8-9-17(18)14(2)3/h10-12,17-18,23-24H,2,4-9,13H2,1,3H3/t17-,18+/m0/s1. The second-order valence-electron chi connectivity index (χ2n) is 7.34. The lowest BCUT2D eigenvalue weighted by molar-refractivity contribution is -0.755. The van der Waals surface area contributed by atoms with Gasteiger partial charge in [-0.05, 0) is 61.8 Å². The van der Waals surface area contributed by atoms with Crippen molar-refractivity contribution in [3.63, 3.8) is 0 Å². The topological polar surface area (TPSA) is 92.8 Å². The van der Waals surface area contributed by atoms with Crippen molar-refractivity contribution in [1.29, 1.82) is 0 Å². The van der Waals surface area contributed by atoms with E-state index < -0.39 is 5.09 Å². The van der Waals surface area contributed by atoms with E-state index in [4.69, 9.17) is 0 Å². The number of hydrogen-bond donors (Lipinski definition) is 2. The van der Waals surface area contributed by atoms with Gasteiger partial charge < -0.3 is 15.1 Å². The summed E-state index contributed by atoms with van der Waals surface area (Å²) in [6.07, 6.45) is 7.31. The van der Waals surface area contributed by atoms with E-state index >= 15 is 0 Å². The highest BCUT2D eigenvalue weighted by atomic mass is 16.9. The van der Waals surface area contributed by atoms with E-state index in [0.717, 1.165) is 48.8 Å². The molecule has 0 unspecified atom stereocenters. The number of unbranched alkanes of at least 4 members (excludes halogenated alkanes) is 2. The van der Waals surface area contributed by atoms with Gasteiger partial charge in [0.2, 0.25) is 0 Å². The minimum atomic E-state index is -0.805. The third-order valence-electron chi connectivity index (χ3n) is 5.21. The summed E-state index contributed by atoms with van der Waals surface area (Å²) in [6, 6.07) is 3.44. The van der Waals surface area contributed by atoms with Gasteiger partial charge in [0, 0.05) is 11.5 Å². The van der Waals surface area contributed by atoms with Gasteiger partial charge in [-0.3, -0.25) is 0 Å². The van der Waals surface area contributed by atoms with E-state index in [9.17, 15) is 20.3 Å². The third-order valence-corrected chi connectivity index (χ3v) is 5.21. The lowest BCUT2D eigenvalue weighted by atomic mass is 9.73. The van der Waals surface area contributed by atoms with Crippen LogP contribution in [0.2, 0.25) is 0 Å². The first-order valence-electron chi connectivity index (χ1n) is 9.50. The fourth-order valence-electron chi connectivity index (χ4n) is 3.81. The molecule has 1 aliphatic carbocycles. The van der Waals surface area contributed by atoms with Gasteiger partial charge in [-0.1, -0.05) is 38.0 Å². The zero-order valence-electron chi connectivity index (χ0n) is 16.1. The van der Waals surface area contributed by atoms with E-state index in [0.29, 0.717) is 12.0 Å². The molecule has 0 radical (unpaired) electrons. The molecule has 1 aromatic carbocycles. The maximum atomic E-state index is 10.6. The van der Waals surface area contributed by atoms with Crippen LogP contribution in [0, 0.1) is 16.0 Å². The third kappa shape index (κ3) is 5.49. The smallest absolute Gasteiger partial charge is 0.294 e. The van der Waals surface area contributed by atoms with Gasteiger partial charge in [0.1, 0.15) is 18.1 Å². The van der Waals surface area contributed by atoms with Crippen LogP contribution in [-0.2, 0) is 11.3 Å². The molecular weight excluding hydrogens is 346 g/mol. The summed E-state index contributed by atoms with van der Waals surface area (Å²) in [5.41, 5.74) is 3.11. The van der Waals surface area contributed by atoms with Crippen LogP contribution < -0.4 is 0 Å². The van der Waals surface area contributed by atoms with Crippen LogP contribution in [0.1, 0.15) is 63.0 Å². The van der Waals surface area contributed by atoms with Gasteiger partial charge in [-0.25, -0.2) is 0 Å². The molecular formula is C21H29NO5. The van der Waals surface area contributed by atoms with Crippen molar-refractivity contribution in [3.8, 4) is 11.5 Å². The summed E-state index contributed by atoms with van der Waals surface area (Å²) in [5, 5.41) is 30.9. The molecule has 2 atom stereocenters. The van der Waals surface area contributed by atoms with E-state index in [1.165, 1.54) is 0 Å². The molecule has 0 heterocycles. The Bertz CT molecular complexity index is 702. The normalized spacial score (nSPS) is 19.4. The lowest BCUT2D eigenvalue weighted by Crippen LogP contribution is -2.19. The summed E-state index contributed by atoms with van der Waals surface area (Å²) in [4.78, 5) is 15.0. The average molecular weight is 375 g/mol. The number of benzene rings is 1. The predicted molar refractivity (Wildman–Crippen MR) is 104 cm³/mol. The fourth-order valence-corrected chi connectivity index (χ4v) is 3.81. The largest absolute Gasteiger partial charge is 0.507 e. The Labute approximate surface area is 160 Å². The van der Waals surface area contributed by atoms with Crippen molar-refractivity contribution < 1.29 is 20.1 Å². The molecule has 0 aliphatic heterocycles. The zero-order valence-corrected chi connectivity index (χ0v) is 16.1. The minimum absolute atomic E-state index is 0.0482. The summed E-state index contributed by atoms with van der Waals surface area (Å²) < 4.78 is 0. The van der Waals surface area contributed by atoms with E-state index in [1.807, 2.05) is 13.0 Å². The molecule has 0 aromatic heterocycles. The van der Waals surface area contributed by atoms with Gasteiger partial charge in [0.05, 0.1) is 0 Å². The maximum Gasteiger partial charge on any atom is 0.294 e. The molecule has 0 fully saturated rings. The van der Waals surface area contributed by atoms with Gasteiger partial charge in [0.25, 0.3) is 5.09 Å². The Hall–Kier alpha value is -2.50. The second kappa shape index (κ2) is 9.44. The predicted octanol–water partition coefficient (Wildman–Crippen LogP) is 5.03. The van der Waals surface area contributed by atoms with Gasteiger partial charge in [-0.2, -0.15) is 0 Å². The monoisotopic (exact) mass is 375 g/mol. The van der Waals surface area contributed by atoms with Crippen LogP contribution in [0.15, 0.2) is 35.9 Å². The molecule has 0 saturated carbocycles. The number of aryl methyl sites for hydroxylation is 1. The summed E-state index contributed by atoms with van der Waals surface area (Å²) in [6.45, 7) is 8.01. The van der Waals surface area contributed by atoms with E-state index in [-0.39, 0.29) is 29.9 Å². The average Bonchev–Trinajstić information content (AvgIpc) is 2.59. The minimum Gasteiger partial charge on any atom is -0.507 e. The van der Waals surface area contributed by atoms with Crippen molar-refractivity contribution in [2.75, 3.05) is 6.61 Å². The summed E-state index contributed by atoms with van der Waals surface area (Å²) in [7, 11) is 0. The van der Waals surface area contributed by atoms with Gasteiger partial charge >= 0.3 is 0 Å². The SMILES string of the molecule is C=C(C)[C@@H]1CCC(CO[N+](=O)[O-])=C[C@H]1c1c(O)cc(CCCCC)cc1O. The van der Waals surface area contributed by atoms with Crippen LogP contribution in [0.3, 0.4) is 0 Å². The number of hydrogen-bond acceptors (Lipinski definition) is 5. The first-order valence-corrected chi connectivity index (χ1v) is 9.50. The molecule has 27 heavy (non-hydrogen) atoms. The van der Waals surface area contributed by atoms with Gasteiger partial charge in [0.15, 0.2) is 0 Å². The first-order chi connectivity index (χ1) is 12.8. The van der Waals surface area contributed by atoms with E-state index in [2.05, 4.69) is 18.3 Å². The number of nitrogens with zero attached hydrogens (tertiary/aromatic N) is 1. The molecule has 0 bridgehead atoms. The van der Waals surface area contributed by atoms with Crippen LogP contribution in [0.4, 0.5) is 0 Å². The molecule has 6 heteroatoms. The second-order valence-corrected chi connectivity index (χ2v) is 7.34. The quantitative estimate of drug-likeness (QED) is 0.273. The Balaban J connectivity index is 2.33. The Morgan fingerprint density at radius 2 is 2.00 bits per heavy atom. The molecule has 0 saturated heterocycles. The molecule has 6 nitrogen and oxygen atoms in total. The van der Waals surface area contributed by atoms with Crippen molar-refractivity contribution in [1.82, 2.24) is 0 Å². The van der Waals surface area contributed by atoms with Gasteiger partial charge in [-0.15, -0.1) is 10.1 Å². The highest BCUT2D eigenvalue weighted by Crippen LogP contribution is 2.46. The molecule has 148 valence electrons. The van der Waals surface area contributed by atoms with Crippen molar-refractivity contribution in [2.45, 2.75) is 58.3 Å². The number of aromatic hydroxyl groups is 2. The Morgan fingerprint density at radius 1 is 1.33 bits per heavy atom. The number of phenolic OH excluding ortho intramolecular Hbond substituents is 2. The summed E-state index contributed by atoms with van der Waals surface area (Å²) >= 11 is 0. The highest BCUT2D eigenvalue weighted by Gasteiger charge is 2.31. The van der Waals surface area contributed by atoms with E-state index in [1.54, 1.807) is 12.1 Å². The number of allylic oxidation sites excluding steroid dienone is 2. The van der Waals surface area contributed by atoms with Crippen LogP contribution in [-0.4, -0.2) is 21.9 Å². The maximum absolute atomic E-state index is 10.6. The molecule has 2 N–H and O–H groups in total. The van der Waals surface area contributed by atoms with Crippen molar-refractivity contribution >= 4 is 0 Å². The van der Waals surface area contributed by atoms with Crippen LogP contribution in [0.25, 0.3) is 0 Å². The number of phenols is 2. The zero-order chi connectivity index (χ0) is 20.0. The van der Waals surface area contributed by atoms with Crippen LogP contribution in [0.5, 0.6) is 11.5 Å². The summed E-state index contributed by atoms with van der Waals surface area (Å²) in [5.74, 6) is -0.116. The molecule has 0 amide bonds. The van der Waals surface area contributed by atoms with Crippen molar-refractivity contribution in [3.05, 3.63) is 57.2 Å². The Kier molecular flexibility index (Phi) is 7.28.